The van der Waals surface area contributed by atoms with Crippen LogP contribution >= 0.6 is 11.3 Å². The minimum Gasteiger partial charge on any atom is -0.373 e. The van der Waals surface area contributed by atoms with Gasteiger partial charge in [-0.1, -0.05) is 30.3 Å². The van der Waals surface area contributed by atoms with Crippen LogP contribution in [0.3, 0.4) is 0 Å². The number of aromatic nitrogens is 1. The molecule has 2 atom stereocenters. The highest BCUT2D eigenvalue weighted by Gasteiger charge is 2.24. The molecule has 1 aromatic carbocycles. The van der Waals surface area contributed by atoms with E-state index in [-0.39, 0.29) is 18.2 Å². The van der Waals surface area contributed by atoms with Crippen molar-refractivity contribution in [2.24, 2.45) is 0 Å². The summed E-state index contributed by atoms with van der Waals surface area (Å²) in [5.41, 5.74) is 3.94. The number of aryl methyl sites for hydroxylation is 1. The van der Waals surface area contributed by atoms with E-state index in [9.17, 15) is 4.79 Å². The highest BCUT2D eigenvalue weighted by molar-refractivity contribution is 7.09. The molecule has 6 heteroatoms. The van der Waals surface area contributed by atoms with E-state index < -0.39 is 0 Å². The number of nitrogens with zero attached hydrogens (tertiary/aromatic N) is 1. The molecule has 0 bridgehead atoms. The van der Waals surface area contributed by atoms with Gasteiger partial charge in [0.1, 0.15) is 0 Å². The number of carbonyl (C=O) groups excluding carboxylic acids is 1. The van der Waals surface area contributed by atoms with Gasteiger partial charge in [-0.15, -0.1) is 11.3 Å². The predicted octanol–water partition coefficient (Wildman–Crippen LogP) is 3.17. The summed E-state index contributed by atoms with van der Waals surface area (Å²) in [4.78, 5) is 17.4. The van der Waals surface area contributed by atoms with E-state index in [4.69, 9.17) is 4.74 Å². The molecule has 2 amide bonds. The third-order valence-electron chi connectivity index (χ3n) is 4.04. The number of benzene rings is 1. The number of amides is 2. The molecule has 1 aliphatic rings. The van der Waals surface area contributed by atoms with Crippen LogP contribution in [0.25, 0.3) is 0 Å². The largest absolute Gasteiger partial charge is 0.373 e. The second-order valence-electron chi connectivity index (χ2n) is 5.68. The Bertz CT molecular complexity index is 644. The molecular weight excluding hydrogens is 310 g/mol. The smallest absolute Gasteiger partial charge is 0.315 e. The van der Waals surface area contributed by atoms with Crippen molar-refractivity contribution in [3.8, 4) is 0 Å². The topological polar surface area (TPSA) is 63.2 Å². The Morgan fingerprint density at radius 1 is 1.39 bits per heavy atom. The van der Waals surface area contributed by atoms with Crippen molar-refractivity contribution in [3.05, 3.63) is 52.0 Å². The highest BCUT2D eigenvalue weighted by atomic mass is 32.1. The molecule has 1 aliphatic heterocycles. The molecule has 0 radical (unpaired) electrons. The van der Waals surface area contributed by atoms with Gasteiger partial charge in [0.2, 0.25) is 0 Å². The van der Waals surface area contributed by atoms with Crippen LogP contribution in [0.4, 0.5) is 4.79 Å². The van der Waals surface area contributed by atoms with Gasteiger partial charge in [-0.2, -0.15) is 0 Å². The summed E-state index contributed by atoms with van der Waals surface area (Å²) < 4.78 is 5.83. The van der Waals surface area contributed by atoms with Crippen LogP contribution < -0.4 is 10.6 Å². The van der Waals surface area contributed by atoms with Gasteiger partial charge in [0.25, 0.3) is 0 Å². The molecular formula is C17H21N3O2S. The number of ether oxygens (including phenoxy) is 1. The molecule has 0 saturated carbocycles. The summed E-state index contributed by atoms with van der Waals surface area (Å²) in [6.07, 6.45) is 1.70. The van der Waals surface area contributed by atoms with Gasteiger partial charge in [-0.3, -0.25) is 0 Å². The van der Waals surface area contributed by atoms with Crippen molar-refractivity contribution in [3.63, 3.8) is 0 Å². The Kier molecular flexibility index (Phi) is 5.25. The zero-order chi connectivity index (χ0) is 16.1. The van der Waals surface area contributed by atoms with Crippen molar-refractivity contribution in [1.29, 1.82) is 0 Å². The second kappa shape index (κ2) is 7.57. The van der Waals surface area contributed by atoms with Crippen LogP contribution in [0, 0.1) is 6.92 Å². The molecule has 1 aromatic heterocycles. The Hall–Kier alpha value is -1.92. The zero-order valence-electron chi connectivity index (χ0n) is 13.1. The summed E-state index contributed by atoms with van der Waals surface area (Å²) in [7, 11) is 0. The summed E-state index contributed by atoms with van der Waals surface area (Å²) in [6.45, 7) is 3.14. The Morgan fingerprint density at radius 2 is 2.22 bits per heavy atom. The Labute approximate surface area is 140 Å². The van der Waals surface area contributed by atoms with Gasteiger partial charge < -0.3 is 15.4 Å². The quantitative estimate of drug-likeness (QED) is 0.904. The molecule has 0 aliphatic carbocycles. The van der Waals surface area contributed by atoms with Gasteiger partial charge >= 0.3 is 6.03 Å². The highest BCUT2D eigenvalue weighted by Crippen LogP contribution is 2.27. The average Bonchev–Trinajstić information content (AvgIpc) is 2.99. The first-order valence-electron chi connectivity index (χ1n) is 7.82. The van der Waals surface area contributed by atoms with Crippen LogP contribution in [0.15, 0.2) is 35.8 Å². The fraction of sp³-hybridized carbons (Fsp3) is 0.412. The minimum atomic E-state index is -0.128. The molecule has 122 valence electrons. The van der Waals surface area contributed by atoms with Crippen LogP contribution in [0.1, 0.15) is 35.1 Å². The summed E-state index contributed by atoms with van der Waals surface area (Å²) in [5.74, 6) is 0. The number of rotatable bonds is 4. The third-order valence-corrected chi connectivity index (χ3v) is 4.98. The lowest BCUT2D eigenvalue weighted by atomic mass is 9.97. The van der Waals surface area contributed by atoms with E-state index in [1.54, 1.807) is 16.8 Å². The van der Waals surface area contributed by atoms with E-state index in [0.29, 0.717) is 13.2 Å². The van der Waals surface area contributed by atoms with E-state index in [0.717, 1.165) is 23.4 Å². The van der Waals surface area contributed by atoms with Crippen LogP contribution in [-0.2, 0) is 11.3 Å². The van der Waals surface area contributed by atoms with E-state index in [1.165, 1.54) is 5.56 Å². The van der Waals surface area contributed by atoms with Crippen LogP contribution in [-0.4, -0.2) is 23.7 Å². The van der Waals surface area contributed by atoms with Gasteiger partial charge in [0.05, 0.1) is 23.9 Å². The number of hydrogen-bond donors (Lipinski definition) is 2. The summed E-state index contributed by atoms with van der Waals surface area (Å²) >= 11 is 1.56. The maximum atomic E-state index is 12.1. The van der Waals surface area contributed by atoms with Gasteiger partial charge in [0.15, 0.2) is 0 Å². The lowest BCUT2D eigenvalue weighted by Crippen LogP contribution is -2.44. The van der Waals surface area contributed by atoms with Crippen LogP contribution in [0.2, 0.25) is 0 Å². The first-order valence-corrected chi connectivity index (χ1v) is 8.70. The van der Waals surface area contributed by atoms with E-state index in [1.807, 2.05) is 25.1 Å². The summed E-state index contributed by atoms with van der Waals surface area (Å²) in [5, 5.41) is 5.96. The first-order chi connectivity index (χ1) is 11.2. The second-order valence-corrected chi connectivity index (χ2v) is 6.62. The van der Waals surface area contributed by atoms with Crippen molar-refractivity contribution >= 4 is 17.4 Å². The normalized spacial score (nSPS) is 20.9. The molecule has 23 heavy (non-hydrogen) atoms. The molecule has 1 saturated heterocycles. The number of hydrogen-bond acceptors (Lipinski definition) is 4. The molecule has 0 spiro atoms. The zero-order valence-corrected chi connectivity index (χ0v) is 13.9. The molecule has 2 heterocycles. The van der Waals surface area contributed by atoms with Gasteiger partial charge in [-0.05, 0) is 25.3 Å². The van der Waals surface area contributed by atoms with Gasteiger partial charge in [0, 0.05) is 17.5 Å². The Balaban J connectivity index is 1.49. The monoisotopic (exact) mass is 331 g/mol. The third kappa shape index (κ3) is 4.30. The van der Waals surface area contributed by atoms with E-state index >= 15 is 0 Å². The predicted molar refractivity (Wildman–Crippen MR) is 90.4 cm³/mol. The number of carbonyl (C=O) groups is 1. The molecule has 1 fully saturated rings. The van der Waals surface area contributed by atoms with E-state index in [2.05, 4.69) is 27.8 Å². The van der Waals surface area contributed by atoms with Gasteiger partial charge in [-0.25, -0.2) is 9.78 Å². The van der Waals surface area contributed by atoms with Crippen molar-refractivity contribution in [1.82, 2.24) is 15.6 Å². The summed E-state index contributed by atoms with van der Waals surface area (Å²) in [6, 6.07) is 10.2. The molecule has 2 aromatic rings. The molecule has 2 N–H and O–H groups in total. The molecule has 0 unspecified atom stereocenters. The van der Waals surface area contributed by atoms with Crippen molar-refractivity contribution in [2.45, 2.75) is 38.5 Å². The lowest BCUT2D eigenvalue weighted by Gasteiger charge is -2.30. The average molecular weight is 331 g/mol. The number of nitrogens with one attached hydrogen (secondary N) is 2. The standard InChI is InChI=1S/C17H21N3O2S/c1-12-16(23-11-19-12)10-18-17(21)20-14-7-8-22-15(9-14)13-5-3-2-4-6-13/h2-6,11,14-15H,7-10H2,1H3,(H2,18,20,21)/t14-,15-/m0/s1. The fourth-order valence-corrected chi connectivity index (χ4v) is 3.44. The fourth-order valence-electron chi connectivity index (χ4n) is 2.72. The molecule has 5 nitrogen and oxygen atoms in total. The van der Waals surface area contributed by atoms with Crippen molar-refractivity contribution in [2.75, 3.05) is 6.61 Å². The minimum absolute atomic E-state index is 0.0546. The first kappa shape index (κ1) is 16.0. The lowest BCUT2D eigenvalue weighted by molar-refractivity contribution is 0.00226. The molecule has 3 rings (SSSR count). The van der Waals surface area contributed by atoms with Crippen molar-refractivity contribution < 1.29 is 9.53 Å². The SMILES string of the molecule is Cc1ncsc1CNC(=O)N[C@H]1CCO[C@H](c2ccccc2)C1. The maximum Gasteiger partial charge on any atom is 0.315 e. The van der Waals surface area contributed by atoms with Crippen LogP contribution in [0.5, 0.6) is 0 Å². The number of urea groups is 1. The number of thiazole rings is 1. The maximum absolute atomic E-state index is 12.1. The Morgan fingerprint density at radius 3 is 2.96 bits per heavy atom.